The number of anilines is 1. The number of sulfonamides is 1. The summed E-state index contributed by atoms with van der Waals surface area (Å²) < 4.78 is 94.0. The molecule has 0 aromatic heterocycles. The number of rotatable bonds is 9. The van der Waals surface area contributed by atoms with Gasteiger partial charge in [0.05, 0.1) is 26.5 Å². The second kappa shape index (κ2) is 10.8. The number of aliphatic hydroxyl groups is 1. The lowest BCUT2D eigenvalue weighted by Gasteiger charge is -2.42. The highest BCUT2D eigenvalue weighted by Gasteiger charge is 2.55. The number of benzene rings is 2. The van der Waals surface area contributed by atoms with Gasteiger partial charge in [-0.3, -0.25) is 4.79 Å². The summed E-state index contributed by atoms with van der Waals surface area (Å²) in [5.74, 6) is -6.92. The maximum absolute atomic E-state index is 13.6. The standard InChI is InChI=1S/C25H26ClF3N2O6S2/c1-2-7-38(34,35)30-13-25(33)15-4-5-16(25)10-18(9-15)39(36,37)22-8-14(3-6-19(22)26)24(32)31-17-11-20(27)23(29)21(28)12-17/h2-3,6,8,11-12,15-16,18,30,33H,1,4-5,7,9-10,13H2,(H,31,32). The highest BCUT2D eigenvalue weighted by molar-refractivity contribution is 7.92. The molecule has 8 nitrogen and oxygen atoms in total. The quantitative estimate of drug-likeness (QED) is 0.294. The third-order valence-electron chi connectivity index (χ3n) is 7.47. The maximum atomic E-state index is 13.6. The monoisotopic (exact) mass is 606 g/mol. The van der Waals surface area contributed by atoms with E-state index in [-0.39, 0.29) is 46.3 Å². The number of nitrogens with one attached hydrogen (secondary N) is 2. The smallest absolute Gasteiger partial charge is 0.255 e. The van der Waals surface area contributed by atoms with Crippen molar-refractivity contribution in [3.63, 3.8) is 0 Å². The van der Waals surface area contributed by atoms with Crippen molar-refractivity contribution in [2.45, 2.75) is 41.4 Å². The van der Waals surface area contributed by atoms with Gasteiger partial charge in [-0.2, -0.15) is 0 Å². The molecule has 1 amide bonds. The molecule has 0 heterocycles. The number of hydrogen-bond acceptors (Lipinski definition) is 6. The minimum atomic E-state index is -4.11. The van der Waals surface area contributed by atoms with Crippen molar-refractivity contribution in [2.75, 3.05) is 17.6 Å². The Bertz CT molecular complexity index is 1500. The molecule has 0 spiro atoms. The van der Waals surface area contributed by atoms with Gasteiger partial charge in [-0.1, -0.05) is 17.7 Å². The van der Waals surface area contributed by atoms with E-state index in [1.807, 2.05) is 0 Å². The molecular formula is C25H26ClF3N2O6S2. The van der Waals surface area contributed by atoms with Crippen LogP contribution < -0.4 is 10.0 Å². The zero-order valence-corrected chi connectivity index (χ0v) is 22.9. The SMILES string of the molecule is C=CCS(=O)(=O)NCC1(O)C2CCC1CC(S(=O)(=O)c1cc(C(=O)Nc3cc(F)c(F)c(F)c3)ccc1Cl)C2. The van der Waals surface area contributed by atoms with Gasteiger partial charge in [-0.15, -0.1) is 6.58 Å². The third kappa shape index (κ3) is 5.87. The fourth-order valence-corrected chi connectivity index (χ4v) is 8.75. The number of fused-ring (bicyclic) bond motifs is 2. The number of sulfone groups is 1. The molecule has 0 aliphatic heterocycles. The van der Waals surface area contributed by atoms with Crippen LogP contribution in [0.3, 0.4) is 0 Å². The molecule has 212 valence electrons. The average molecular weight is 607 g/mol. The Morgan fingerprint density at radius 3 is 2.23 bits per heavy atom. The van der Waals surface area contributed by atoms with Gasteiger partial charge in [0.1, 0.15) is 0 Å². The Balaban J connectivity index is 1.54. The van der Waals surface area contributed by atoms with E-state index < -0.39 is 65.9 Å². The lowest BCUT2D eigenvalue weighted by molar-refractivity contribution is -0.0525. The van der Waals surface area contributed by atoms with E-state index in [9.17, 15) is 39.9 Å². The van der Waals surface area contributed by atoms with Gasteiger partial charge in [-0.25, -0.2) is 34.7 Å². The van der Waals surface area contributed by atoms with Crippen LogP contribution in [0.4, 0.5) is 18.9 Å². The van der Waals surface area contributed by atoms with Crippen molar-refractivity contribution in [2.24, 2.45) is 11.8 Å². The van der Waals surface area contributed by atoms with Crippen LogP contribution in [0.1, 0.15) is 36.0 Å². The highest BCUT2D eigenvalue weighted by Crippen LogP contribution is 2.52. The Morgan fingerprint density at radius 1 is 1.08 bits per heavy atom. The normalized spacial score (nSPS) is 24.9. The summed E-state index contributed by atoms with van der Waals surface area (Å²) in [6.45, 7) is 3.15. The minimum Gasteiger partial charge on any atom is -0.388 e. The first-order chi connectivity index (χ1) is 18.2. The first-order valence-corrected chi connectivity index (χ1v) is 15.6. The van der Waals surface area contributed by atoms with Crippen molar-refractivity contribution in [3.05, 3.63) is 71.0 Å². The zero-order chi connectivity index (χ0) is 28.8. The molecule has 2 unspecified atom stereocenters. The molecule has 2 saturated carbocycles. The van der Waals surface area contributed by atoms with Gasteiger partial charge >= 0.3 is 0 Å². The Morgan fingerprint density at radius 2 is 1.67 bits per heavy atom. The minimum absolute atomic E-state index is 0.0550. The summed E-state index contributed by atoms with van der Waals surface area (Å²) in [6, 6.07) is 4.65. The molecule has 2 aromatic rings. The van der Waals surface area contributed by atoms with Crippen molar-refractivity contribution in [3.8, 4) is 0 Å². The van der Waals surface area contributed by atoms with Gasteiger partial charge in [0, 0.05) is 29.9 Å². The van der Waals surface area contributed by atoms with E-state index in [0.29, 0.717) is 25.0 Å². The Labute approximate surface area is 229 Å². The van der Waals surface area contributed by atoms with E-state index in [4.69, 9.17) is 11.6 Å². The van der Waals surface area contributed by atoms with Crippen LogP contribution in [0.2, 0.25) is 5.02 Å². The molecule has 2 bridgehead atoms. The number of carbonyl (C=O) groups excluding carboxylic acids is 1. The van der Waals surface area contributed by atoms with E-state index in [1.165, 1.54) is 18.2 Å². The van der Waals surface area contributed by atoms with Crippen molar-refractivity contribution < 1.29 is 39.9 Å². The van der Waals surface area contributed by atoms with Crippen LogP contribution in [0.25, 0.3) is 0 Å². The number of amides is 1. The summed E-state index contributed by atoms with van der Waals surface area (Å²) in [4.78, 5) is 12.4. The molecule has 0 saturated heterocycles. The first-order valence-electron chi connectivity index (χ1n) is 12.0. The highest BCUT2D eigenvalue weighted by atomic mass is 35.5. The maximum Gasteiger partial charge on any atom is 0.255 e. The van der Waals surface area contributed by atoms with Crippen LogP contribution in [-0.4, -0.2) is 51.0 Å². The molecule has 2 atom stereocenters. The van der Waals surface area contributed by atoms with E-state index in [0.717, 1.165) is 6.07 Å². The average Bonchev–Trinajstić information content (AvgIpc) is 3.02. The van der Waals surface area contributed by atoms with Crippen molar-refractivity contribution in [1.29, 1.82) is 0 Å². The van der Waals surface area contributed by atoms with Crippen LogP contribution in [0, 0.1) is 29.3 Å². The second-order valence-electron chi connectivity index (χ2n) is 9.85. The Hall–Kier alpha value is -2.45. The van der Waals surface area contributed by atoms with E-state index in [1.54, 1.807) is 0 Å². The predicted molar refractivity (Wildman–Crippen MR) is 139 cm³/mol. The van der Waals surface area contributed by atoms with Gasteiger partial charge in [0.15, 0.2) is 27.3 Å². The largest absolute Gasteiger partial charge is 0.388 e. The molecule has 0 radical (unpaired) electrons. The van der Waals surface area contributed by atoms with Gasteiger partial charge in [-0.05, 0) is 55.7 Å². The van der Waals surface area contributed by atoms with Crippen molar-refractivity contribution in [1.82, 2.24) is 4.72 Å². The fraction of sp³-hybridized carbons (Fsp3) is 0.400. The molecule has 2 fully saturated rings. The topological polar surface area (TPSA) is 130 Å². The molecule has 14 heteroatoms. The van der Waals surface area contributed by atoms with Crippen LogP contribution in [0.15, 0.2) is 47.9 Å². The molecule has 2 aromatic carbocycles. The summed E-state index contributed by atoms with van der Waals surface area (Å²) in [6.07, 6.45) is 2.35. The molecular weight excluding hydrogens is 581 g/mol. The number of halogens is 4. The fourth-order valence-electron chi connectivity index (χ4n) is 5.47. The molecule has 3 N–H and O–H groups in total. The zero-order valence-electron chi connectivity index (χ0n) is 20.5. The van der Waals surface area contributed by atoms with Crippen LogP contribution in [0.5, 0.6) is 0 Å². The summed E-state index contributed by atoms with van der Waals surface area (Å²) in [5, 5.41) is 12.4. The van der Waals surface area contributed by atoms with E-state index in [2.05, 4.69) is 16.6 Å². The summed E-state index contributed by atoms with van der Waals surface area (Å²) >= 11 is 6.21. The molecule has 4 rings (SSSR count). The van der Waals surface area contributed by atoms with Gasteiger partial charge in [0.25, 0.3) is 5.91 Å². The second-order valence-corrected chi connectivity index (χ2v) is 14.3. The van der Waals surface area contributed by atoms with Crippen LogP contribution in [-0.2, 0) is 19.9 Å². The van der Waals surface area contributed by atoms with E-state index >= 15 is 0 Å². The first kappa shape index (κ1) is 29.5. The number of carbonyl (C=O) groups is 1. The van der Waals surface area contributed by atoms with Gasteiger partial charge in [0.2, 0.25) is 10.0 Å². The molecule has 39 heavy (non-hydrogen) atoms. The predicted octanol–water partition coefficient (Wildman–Crippen LogP) is 3.81. The Kier molecular flexibility index (Phi) is 8.21. The third-order valence-corrected chi connectivity index (χ3v) is 11.4. The summed E-state index contributed by atoms with van der Waals surface area (Å²) in [7, 11) is -7.80. The van der Waals surface area contributed by atoms with Gasteiger partial charge < -0.3 is 10.4 Å². The lowest BCUT2D eigenvalue weighted by Crippen LogP contribution is -2.54. The van der Waals surface area contributed by atoms with Crippen LogP contribution >= 0.6 is 11.6 Å². The van der Waals surface area contributed by atoms with Crippen molar-refractivity contribution >= 4 is 43.1 Å². The summed E-state index contributed by atoms with van der Waals surface area (Å²) in [5.41, 5.74) is -1.96. The molecule has 2 aliphatic carbocycles. The number of hydrogen-bond donors (Lipinski definition) is 3. The lowest BCUT2D eigenvalue weighted by atomic mass is 9.74. The molecule has 2 aliphatic rings.